The minimum atomic E-state index is -4.57. The molecular formula is C27H38ClF3N4O2. The van der Waals surface area contributed by atoms with E-state index in [1.807, 2.05) is 24.3 Å². The van der Waals surface area contributed by atoms with E-state index in [1.54, 1.807) is 6.20 Å². The van der Waals surface area contributed by atoms with Crippen molar-refractivity contribution in [3.63, 3.8) is 0 Å². The van der Waals surface area contributed by atoms with Crippen molar-refractivity contribution in [1.82, 2.24) is 15.3 Å². The average Bonchev–Trinajstić information content (AvgIpc) is 2.88. The topological polar surface area (TPSA) is 68.3 Å². The third kappa shape index (κ3) is 9.71. The smallest absolute Gasteiger partial charge is 0.381 e. The van der Waals surface area contributed by atoms with Crippen LogP contribution in [-0.2, 0) is 15.9 Å². The van der Waals surface area contributed by atoms with Gasteiger partial charge in [0.1, 0.15) is 5.82 Å². The van der Waals surface area contributed by atoms with Gasteiger partial charge in [-0.2, -0.15) is 0 Å². The molecule has 10 heteroatoms. The highest BCUT2D eigenvalue weighted by molar-refractivity contribution is 6.33. The third-order valence-corrected chi connectivity index (χ3v) is 7.30. The SMILES string of the molecule is C.FC(F)(F)OCCNC1CCC(Cc2cc(-c3cccc(NCC4CCOCC4)n3)c(Cl)cn2)CC1. The van der Waals surface area contributed by atoms with E-state index in [9.17, 15) is 13.2 Å². The van der Waals surface area contributed by atoms with Crippen molar-refractivity contribution < 1.29 is 22.6 Å². The Balaban J connectivity index is 0.00000380. The molecule has 2 aromatic rings. The van der Waals surface area contributed by atoms with E-state index in [1.165, 1.54) is 0 Å². The Bertz CT molecular complexity index is 965. The zero-order valence-electron chi connectivity index (χ0n) is 20.3. The summed E-state index contributed by atoms with van der Waals surface area (Å²) in [5.41, 5.74) is 2.66. The fourth-order valence-corrected chi connectivity index (χ4v) is 5.17. The molecule has 0 unspecified atom stereocenters. The molecule has 0 aromatic carbocycles. The molecule has 0 amide bonds. The number of hydrogen-bond acceptors (Lipinski definition) is 6. The van der Waals surface area contributed by atoms with Gasteiger partial charge in [-0.1, -0.05) is 25.1 Å². The molecule has 1 saturated heterocycles. The van der Waals surface area contributed by atoms with Gasteiger partial charge in [0.2, 0.25) is 0 Å². The van der Waals surface area contributed by atoms with Crippen LogP contribution in [0.3, 0.4) is 0 Å². The van der Waals surface area contributed by atoms with E-state index in [0.29, 0.717) is 16.9 Å². The molecule has 0 spiro atoms. The fraction of sp³-hybridized carbons (Fsp3) is 0.630. The number of halogens is 4. The second kappa shape index (κ2) is 14.3. The molecule has 2 N–H and O–H groups in total. The van der Waals surface area contributed by atoms with Crippen molar-refractivity contribution in [2.45, 2.75) is 64.8 Å². The van der Waals surface area contributed by atoms with Gasteiger partial charge < -0.3 is 15.4 Å². The van der Waals surface area contributed by atoms with Gasteiger partial charge >= 0.3 is 6.36 Å². The molecule has 2 aromatic heterocycles. The van der Waals surface area contributed by atoms with E-state index < -0.39 is 6.36 Å². The number of nitrogens with one attached hydrogen (secondary N) is 2. The Labute approximate surface area is 222 Å². The van der Waals surface area contributed by atoms with Gasteiger partial charge in [0.25, 0.3) is 0 Å². The maximum Gasteiger partial charge on any atom is 0.522 e. The molecule has 0 bridgehead atoms. The predicted octanol–water partition coefficient (Wildman–Crippen LogP) is 6.50. The first-order valence-electron chi connectivity index (χ1n) is 12.7. The van der Waals surface area contributed by atoms with Crippen molar-refractivity contribution >= 4 is 17.4 Å². The summed E-state index contributed by atoms with van der Waals surface area (Å²) in [6, 6.07) is 8.18. The van der Waals surface area contributed by atoms with Gasteiger partial charge in [-0.25, -0.2) is 4.98 Å². The van der Waals surface area contributed by atoms with Crippen LogP contribution in [0, 0.1) is 11.8 Å². The van der Waals surface area contributed by atoms with Gasteiger partial charge in [0.05, 0.1) is 17.3 Å². The summed E-state index contributed by atoms with van der Waals surface area (Å²) in [7, 11) is 0. The molecule has 6 nitrogen and oxygen atoms in total. The normalized spacial score (nSPS) is 20.9. The molecule has 2 aliphatic rings. The summed E-state index contributed by atoms with van der Waals surface area (Å²) in [6.45, 7) is 2.37. The average molecular weight is 543 g/mol. The largest absolute Gasteiger partial charge is 0.522 e. The lowest BCUT2D eigenvalue weighted by Gasteiger charge is -2.29. The number of nitrogens with zero attached hydrogens (tertiary/aromatic N) is 2. The predicted molar refractivity (Wildman–Crippen MR) is 141 cm³/mol. The molecule has 3 heterocycles. The van der Waals surface area contributed by atoms with E-state index in [-0.39, 0.29) is 26.6 Å². The molecule has 0 atom stereocenters. The van der Waals surface area contributed by atoms with Crippen LogP contribution in [0.4, 0.5) is 19.0 Å². The van der Waals surface area contributed by atoms with E-state index >= 15 is 0 Å². The van der Waals surface area contributed by atoms with Gasteiger partial charge in [-0.15, -0.1) is 13.2 Å². The van der Waals surface area contributed by atoms with Crippen LogP contribution in [0.25, 0.3) is 11.3 Å². The summed E-state index contributed by atoms with van der Waals surface area (Å²) in [5, 5.41) is 7.20. The van der Waals surface area contributed by atoms with Crippen LogP contribution in [0.5, 0.6) is 0 Å². The third-order valence-electron chi connectivity index (χ3n) is 7.00. The molecule has 206 valence electrons. The quantitative estimate of drug-likeness (QED) is 0.334. The number of rotatable bonds is 10. The van der Waals surface area contributed by atoms with E-state index in [0.717, 1.165) is 87.5 Å². The second-order valence-corrected chi connectivity index (χ2v) is 10.1. The summed E-state index contributed by atoms with van der Waals surface area (Å²) in [5.74, 6) is 1.91. The zero-order valence-corrected chi connectivity index (χ0v) is 21.1. The zero-order chi connectivity index (χ0) is 25.4. The monoisotopic (exact) mass is 542 g/mol. The Morgan fingerprint density at radius 1 is 1.05 bits per heavy atom. The van der Waals surface area contributed by atoms with E-state index in [4.69, 9.17) is 21.3 Å². The first-order chi connectivity index (χ1) is 17.4. The number of ether oxygens (including phenoxy) is 2. The molecule has 0 radical (unpaired) electrons. The minimum Gasteiger partial charge on any atom is -0.381 e. The maximum absolute atomic E-state index is 12.1. The highest BCUT2D eigenvalue weighted by Gasteiger charge is 2.29. The lowest BCUT2D eigenvalue weighted by molar-refractivity contribution is -0.323. The summed E-state index contributed by atoms with van der Waals surface area (Å²) in [4.78, 5) is 9.35. The number of hydrogen-bond donors (Lipinski definition) is 2. The molecule has 1 saturated carbocycles. The molecule has 2 fully saturated rings. The van der Waals surface area contributed by atoms with Crippen LogP contribution in [-0.4, -0.2) is 55.3 Å². The number of anilines is 1. The maximum atomic E-state index is 12.1. The summed E-state index contributed by atoms with van der Waals surface area (Å²) in [6.07, 6.45) is 3.97. The minimum absolute atomic E-state index is 0. The summed E-state index contributed by atoms with van der Waals surface area (Å²) < 4.78 is 45.5. The van der Waals surface area contributed by atoms with Gasteiger partial charge in [0.15, 0.2) is 0 Å². The van der Waals surface area contributed by atoms with Gasteiger partial charge in [-0.05, 0) is 75.0 Å². The Kier molecular flexibility index (Phi) is 11.4. The molecule has 1 aliphatic heterocycles. The number of aromatic nitrogens is 2. The second-order valence-electron chi connectivity index (χ2n) is 9.67. The lowest BCUT2D eigenvalue weighted by Crippen LogP contribution is -2.36. The number of pyridine rings is 2. The highest BCUT2D eigenvalue weighted by atomic mass is 35.5. The van der Waals surface area contributed by atoms with Crippen molar-refractivity contribution in [1.29, 1.82) is 0 Å². The Morgan fingerprint density at radius 3 is 2.54 bits per heavy atom. The van der Waals surface area contributed by atoms with Crippen molar-refractivity contribution in [2.75, 3.05) is 38.2 Å². The van der Waals surface area contributed by atoms with Crippen LogP contribution in [0.15, 0.2) is 30.5 Å². The van der Waals surface area contributed by atoms with Gasteiger partial charge in [-0.3, -0.25) is 9.72 Å². The van der Waals surface area contributed by atoms with E-state index in [2.05, 4.69) is 20.4 Å². The highest BCUT2D eigenvalue weighted by Crippen LogP contribution is 2.31. The van der Waals surface area contributed by atoms with Gasteiger partial charge in [0, 0.05) is 49.8 Å². The lowest BCUT2D eigenvalue weighted by atomic mass is 9.83. The van der Waals surface area contributed by atoms with Crippen LogP contribution >= 0.6 is 11.6 Å². The van der Waals surface area contributed by atoms with Crippen molar-refractivity contribution in [2.24, 2.45) is 11.8 Å². The van der Waals surface area contributed by atoms with Crippen LogP contribution in [0.1, 0.15) is 51.6 Å². The standard InChI is InChI=1S/C26H34ClF3N4O2.CH4/c27-23-17-32-21(14-18-4-6-20(7-5-18)31-10-13-36-26(28,29)30)15-22(23)24-2-1-3-25(34-24)33-16-19-8-11-35-12-9-19;/h1-3,15,17-20,31H,4-14,16H2,(H,33,34);1H4. The Hall–Kier alpha value is -1.94. The first kappa shape index (κ1) is 29.6. The molecule has 37 heavy (non-hydrogen) atoms. The molecule has 1 aliphatic carbocycles. The fourth-order valence-electron chi connectivity index (χ4n) is 4.97. The van der Waals surface area contributed by atoms with Crippen molar-refractivity contribution in [3.05, 3.63) is 41.2 Å². The Morgan fingerprint density at radius 2 is 1.81 bits per heavy atom. The van der Waals surface area contributed by atoms with Crippen LogP contribution < -0.4 is 10.6 Å². The first-order valence-corrected chi connectivity index (χ1v) is 13.1. The molecule has 4 rings (SSSR count). The number of alkyl halides is 3. The van der Waals surface area contributed by atoms with Crippen LogP contribution in [0.2, 0.25) is 5.02 Å². The molecular weight excluding hydrogens is 505 g/mol. The van der Waals surface area contributed by atoms with Crippen molar-refractivity contribution in [3.8, 4) is 11.3 Å². The summed E-state index contributed by atoms with van der Waals surface area (Å²) >= 11 is 6.51.